The standard InChI is InChI=1S/C14H11BrFNO3/c1-20-11-5-8(15)4-10(7-11)17-14(19)12-3-2-9(16)6-13(12)18/h2-7,18H,1H3,(H,17,19). The minimum Gasteiger partial charge on any atom is -0.507 e. The molecule has 0 aliphatic carbocycles. The molecule has 0 spiro atoms. The second kappa shape index (κ2) is 5.92. The summed E-state index contributed by atoms with van der Waals surface area (Å²) < 4.78 is 18.7. The molecule has 2 aromatic rings. The van der Waals surface area contributed by atoms with Gasteiger partial charge in [-0.2, -0.15) is 0 Å². The molecule has 0 radical (unpaired) electrons. The van der Waals surface area contributed by atoms with Crippen molar-refractivity contribution in [2.24, 2.45) is 0 Å². The van der Waals surface area contributed by atoms with Crippen LogP contribution in [-0.2, 0) is 0 Å². The van der Waals surface area contributed by atoms with E-state index < -0.39 is 17.5 Å². The second-order valence-corrected chi connectivity index (χ2v) is 4.91. The van der Waals surface area contributed by atoms with E-state index in [1.807, 2.05) is 0 Å². The maximum Gasteiger partial charge on any atom is 0.259 e. The van der Waals surface area contributed by atoms with Gasteiger partial charge in [0.05, 0.1) is 12.7 Å². The predicted molar refractivity (Wildman–Crippen MR) is 76.7 cm³/mol. The van der Waals surface area contributed by atoms with Crippen LogP contribution in [0.15, 0.2) is 40.9 Å². The zero-order valence-corrected chi connectivity index (χ0v) is 12.1. The highest BCUT2D eigenvalue weighted by atomic mass is 79.9. The number of phenolic OH excluding ortho intramolecular Hbond substituents is 1. The first kappa shape index (κ1) is 14.3. The van der Waals surface area contributed by atoms with Gasteiger partial charge < -0.3 is 15.2 Å². The molecule has 0 fully saturated rings. The van der Waals surface area contributed by atoms with Crippen molar-refractivity contribution in [3.8, 4) is 11.5 Å². The molecule has 0 heterocycles. The number of rotatable bonds is 3. The molecular formula is C14H11BrFNO3. The third kappa shape index (κ3) is 3.27. The van der Waals surface area contributed by atoms with Gasteiger partial charge in [-0.25, -0.2) is 4.39 Å². The lowest BCUT2D eigenvalue weighted by atomic mass is 10.1. The van der Waals surface area contributed by atoms with Gasteiger partial charge in [-0.3, -0.25) is 4.79 Å². The molecule has 0 aromatic heterocycles. The zero-order valence-electron chi connectivity index (χ0n) is 10.5. The van der Waals surface area contributed by atoms with Crippen LogP contribution in [0.25, 0.3) is 0 Å². The monoisotopic (exact) mass is 339 g/mol. The number of anilines is 1. The van der Waals surface area contributed by atoms with Crippen molar-refractivity contribution in [3.63, 3.8) is 0 Å². The summed E-state index contributed by atoms with van der Waals surface area (Å²) in [6, 6.07) is 8.26. The molecule has 2 rings (SSSR count). The van der Waals surface area contributed by atoms with E-state index in [2.05, 4.69) is 21.2 Å². The fourth-order valence-electron chi connectivity index (χ4n) is 1.65. The van der Waals surface area contributed by atoms with Gasteiger partial charge in [0.2, 0.25) is 0 Å². The Kier molecular flexibility index (Phi) is 4.24. The molecule has 4 nitrogen and oxygen atoms in total. The highest BCUT2D eigenvalue weighted by Gasteiger charge is 2.12. The van der Waals surface area contributed by atoms with E-state index in [1.165, 1.54) is 13.2 Å². The average molecular weight is 340 g/mol. The normalized spacial score (nSPS) is 10.2. The molecule has 20 heavy (non-hydrogen) atoms. The average Bonchev–Trinajstić information content (AvgIpc) is 2.37. The summed E-state index contributed by atoms with van der Waals surface area (Å²) in [5, 5.41) is 12.2. The minimum atomic E-state index is -0.608. The lowest BCUT2D eigenvalue weighted by Crippen LogP contribution is -2.12. The van der Waals surface area contributed by atoms with Crippen molar-refractivity contribution in [2.45, 2.75) is 0 Å². The number of amides is 1. The van der Waals surface area contributed by atoms with E-state index in [9.17, 15) is 14.3 Å². The number of methoxy groups -OCH3 is 1. The van der Waals surface area contributed by atoms with Gasteiger partial charge in [-0.1, -0.05) is 15.9 Å². The van der Waals surface area contributed by atoms with Gasteiger partial charge in [0.25, 0.3) is 5.91 Å². The first-order valence-electron chi connectivity index (χ1n) is 5.64. The Bertz CT molecular complexity index is 661. The quantitative estimate of drug-likeness (QED) is 0.898. The number of benzene rings is 2. The number of halogens is 2. The Morgan fingerprint density at radius 1 is 1.30 bits per heavy atom. The fourth-order valence-corrected chi connectivity index (χ4v) is 2.12. The van der Waals surface area contributed by atoms with Crippen LogP contribution in [0, 0.1) is 5.82 Å². The summed E-state index contributed by atoms with van der Waals surface area (Å²) >= 11 is 3.29. The van der Waals surface area contributed by atoms with E-state index in [0.717, 1.165) is 16.6 Å². The maximum absolute atomic E-state index is 12.9. The Morgan fingerprint density at radius 2 is 2.05 bits per heavy atom. The topological polar surface area (TPSA) is 58.6 Å². The summed E-state index contributed by atoms with van der Waals surface area (Å²) in [6.45, 7) is 0. The number of aromatic hydroxyl groups is 1. The van der Waals surface area contributed by atoms with Gasteiger partial charge in [0, 0.05) is 22.3 Å². The molecule has 0 aliphatic rings. The molecular weight excluding hydrogens is 329 g/mol. The number of hydrogen-bond donors (Lipinski definition) is 2. The van der Waals surface area contributed by atoms with Crippen molar-refractivity contribution in [1.29, 1.82) is 0 Å². The second-order valence-electron chi connectivity index (χ2n) is 4.00. The Balaban J connectivity index is 2.25. The molecule has 0 saturated carbocycles. The van der Waals surface area contributed by atoms with E-state index in [4.69, 9.17) is 4.74 Å². The molecule has 2 N–H and O–H groups in total. The van der Waals surface area contributed by atoms with Gasteiger partial charge in [-0.05, 0) is 24.3 Å². The summed E-state index contributed by atoms with van der Waals surface area (Å²) in [7, 11) is 1.51. The van der Waals surface area contributed by atoms with Crippen molar-refractivity contribution < 1.29 is 19.0 Å². The molecule has 0 saturated heterocycles. The Labute approximate surface area is 123 Å². The predicted octanol–water partition coefficient (Wildman–Crippen LogP) is 3.55. The number of carbonyl (C=O) groups excluding carboxylic acids is 1. The SMILES string of the molecule is COc1cc(Br)cc(NC(=O)c2ccc(F)cc2O)c1. The van der Waals surface area contributed by atoms with E-state index in [1.54, 1.807) is 18.2 Å². The molecule has 0 bridgehead atoms. The summed E-state index contributed by atoms with van der Waals surface area (Å²) in [5.41, 5.74) is 0.482. The minimum absolute atomic E-state index is 0.00894. The number of carbonyl (C=O) groups is 1. The van der Waals surface area contributed by atoms with Crippen LogP contribution >= 0.6 is 15.9 Å². The van der Waals surface area contributed by atoms with Crippen molar-refractivity contribution in [2.75, 3.05) is 12.4 Å². The highest BCUT2D eigenvalue weighted by molar-refractivity contribution is 9.10. The number of hydrogen-bond acceptors (Lipinski definition) is 3. The van der Waals surface area contributed by atoms with Crippen LogP contribution in [0.5, 0.6) is 11.5 Å². The van der Waals surface area contributed by atoms with Crippen molar-refractivity contribution >= 4 is 27.5 Å². The summed E-state index contributed by atoms with van der Waals surface area (Å²) in [4.78, 5) is 12.0. The van der Waals surface area contributed by atoms with E-state index in [-0.39, 0.29) is 5.56 Å². The molecule has 0 aliphatic heterocycles. The van der Waals surface area contributed by atoms with Gasteiger partial charge in [0.1, 0.15) is 17.3 Å². The Morgan fingerprint density at radius 3 is 2.70 bits per heavy atom. The zero-order chi connectivity index (χ0) is 14.7. The van der Waals surface area contributed by atoms with Crippen LogP contribution in [0.4, 0.5) is 10.1 Å². The van der Waals surface area contributed by atoms with Crippen LogP contribution in [-0.4, -0.2) is 18.1 Å². The third-order valence-electron chi connectivity index (χ3n) is 2.57. The largest absolute Gasteiger partial charge is 0.507 e. The Hall–Kier alpha value is -2.08. The molecule has 0 atom stereocenters. The van der Waals surface area contributed by atoms with Crippen LogP contribution < -0.4 is 10.1 Å². The molecule has 2 aromatic carbocycles. The van der Waals surface area contributed by atoms with E-state index >= 15 is 0 Å². The van der Waals surface area contributed by atoms with Gasteiger partial charge >= 0.3 is 0 Å². The van der Waals surface area contributed by atoms with Crippen LogP contribution in [0.1, 0.15) is 10.4 Å². The highest BCUT2D eigenvalue weighted by Crippen LogP contribution is 2.26. The fraction of sp³-hybridized carbons (Fsp3) is 0.0714. The van der Waals surface area contributed by atoms with Crippen molar-refractivity contribution in [1.82, 2.24) is 0 Å². The van der Waals surface area contributed by atoms with Crippen LogP contribution in [0.2, 0.25) is 0 Å². The summed E-state index contributed by atoms with van der Waals surface area (Å²) in [6.07, 6.45) is 0. The van der Waals surface area contributed by atoms with Gasteiger partial charge in [0.15, 0.2) is 0 Å². The number of nitrogens with one attached hydrogen (secondary N) is 1. The van der Waals surface area contributed by atoms with Gasteiger partial charge in [-0.15, -0.1) is 0 Å². The molecule has 0 unspecified atom stereocenters. The third-order valence-corrected chi connectivity index (χ3v) is 3.03. The lowest BCUT2D eigenvalue weighted by Gasteiger charge is -2.09. The molecule has 1 amide bonds. The van der Waals surface area contributed by atoms with E-state index in [0.29, 0.717) is 11.4 Å². The number of phenols is 1. The first-order valence-corrected chi connectivity index (χ1v) is 6.43. The van der Waals surface area contributed by atoms with Crippen LogP contribution in [0.3, 0.4) is 0 Å². The lowest BCUT2D eigenvalue weighted by molar-refractivity contribution is 0.102. The van der Waals surface area contributed by atoms with Crippen molar-refractivity contribution in [3.05, 3.63) is 52.3 Å². The summed E-state index contributed by atoms with van der Waals surface area (Å²) in [5.74, 6) is -0.992. The molecule has 104 valence electrons. The molecule has 6 heteroatoms. The smallest absolute Gasteiger partial charge is 0.259 e. The number of ether oxygens (including phenoxy) is 1. The maximum atomic E-state index is 12.9. The first-order chi connectivity index (χ1) is 9.49.